The highest BCUT2D eigenvalue weighted by molar-refractivity contribution is 6.03. The third kappa shape index (κ3) is 4.40. The minimum absolute atomic E-state index is 0.0447. The minimum Gasteiger partial charge on any atom is -0.497 e. The van der Waals surface area contributed by atoms with Gasteiger partial charge in [-0.3, -0.25) is 9.80 Å². The zero-order valence-corrected chi connectivity index (χ0v) is 20.3. The van der Waals surface area contributed by atoms with Gasteiger partial charge in [0.15, 0.2) is 0 Å². The van der Waals surface area contributed by atoms with Crippen LogP contribution in [0.5, 0.6) is 5.75 Å². The summed E-state index contributed by atoms with van der Waals surface area (Å²) in [6.07, 6.45) is 2.04. The molecule has 34 heavy (non-hydrogen) atoms. The smallest absolute Gasteiger partial charge is 0.326 e. The molecule has 3 aromatic carbocycles. The third-order valence-electron chi connectivity index (χ3n) is 7.34. The molecule has 0 unspecified atom stereocenters. The molecule has 2 heterocycles. The number of methoxy groups -OCH3 is 1. The van der Waals surface area contributed by atoms with Crippen molar-refractivity contribution in [1.29, 1.82) is 0 Å². The van der Waals surface area contributed by atoms with Crippen LogP contribution in [-0.4, -0.2) is 37.7 Å². The number of benzene rings is 3. The molecule has 1 fully saturated rings. The van der Waals surface area contributed by atoms with Crippen LogP contribution in [0.1, 0.15) is 35.1 Å². The summed E-state index contributed by atoms with van der Waals surface area (Å²) < 4.78 is 5.56. The van der Waals surface area contributed by atoms with Crippen LogP contribution in [0.15, 0.2) is 66.7 Å². The number of likely N-dealkylation sites (tertiary alicyclic amines) is 1. The minimum atomic E-state index is -0.0731. The Morgan fingerprint density at radius 3 is 2.41 bits per heavy atom. The second-order valence-corrected chi connectivity index (χ2v) is 9.81. The fraction of sp³-hybridized carbons (Fsp3) is 0.345. The fourth-order valence-corrected chi connectivity index (χ4v) is 5.51. The lowest BCUT2D eigenvalue weighted by Gasteiger charge is -2.40. The average molecular weight is 456 g/mol. The van der Waals surface area contributed by atoms with E-state index in [0.717, 1.165) is 55.2 Å². The maximum absolute atomic E-state index is 13.4. The molecule has 0 radical (unpaired) electrons. The molecule has 2 amide bonds. The van der Waals surface area contributed by atoms with Crippen molar-refractivity contribution >= 4 is 17.4 Å². The van der Waals surface area contributed by atoms with E-state index in [4.69, 9.17) is 4.74 Å². The van der Waals surface area contributed by atoms with Crippen molar-refractivity contribution in [2.75, 3.05) is 37.0 Å². The van der Waals surface area contributed by atoms with Crippen LogP contribution in [0.2, 0.25) is 0 Å². The molecule has 5 nitrogen and oxygen atoms in total. The largest absolute Gasteiger partial charge is 0.497 e. The predicted molar refractivity (Wildman–Crippen MR) is 138 cm³/mol. The van der Waals surface area contributed by atoms with Crippen molar-refractivity contribution in [1.82, 2.24) is 4.90 Å². The summed E-state index contributed by atoms with van der Waals surface area (Å²) in [6, 6.07) is 22.8. The number of amides is 2. The normalized spacial score (nSPS) is 17.0. The van der Waals surface area contributed by atoms with E-state index in [2.05, 4.69) is 47.5 Å². The molecule has 1 N–H and O–H groups in total. The highest BCUT2D eigenvalue weighted by atomic mass is 16.5. The molecule has 3 aromatic rings. The standard InChI is InChI=1S/C29H33N3O2/c1-21-6-4-8-23(16-21)19-31-14-12-29(13-15-31)20-32(27-11-10-25(34-3)18-26(27)29)28(33)30-24-9-5-7-22(2)17-24/h4-11,16-18H,12-15,19-20H2,1-3H3,(H,30,33). The molecule has 0 aromatic heterocycles. The van der Waals surface area contributed by atoms with Gasteiger partial charge in [-0.05, 0) is 86.8 Å². The summed E-state index contributed by atoms with van der Waals surface area (Å²) in [7, 11) is 1.70. The molecule has 2 aliphatic rings. The monoisotopic (exact) mass is 455 g/mol. The summed E-state index contributed by atoms with van der Waals surface area (Å²) in [6.45, 7) is 7.88. The molecule has 1 saturated heterocycles. The third-order valence-corrected chi connectivity index (χ3v) is 7.34. The molecule has 5 rings (SSSR count). The van der Waals surface area contributed by atoms with Crippen molar-refractivity contribution in [2.24, 2.45) is 0 Å². The Kier molecular flexibility index (Phi) is 6.05. The summed E-state index contributed by atoms with van der Waals surface area (Å²) in [5.41, 5.74) is 6.81. The Hall–Kier alpha value is -3.31. The highest BCUT2D eigenvalue weighted by Gasteiger charge is 2.46. The Balaban J connectivity index is 1.36. The van der Waals surface area contributed by atoms with E-state index < -0.39 is 0 Å². The van der Waals surface area contributed by atoms with E-state index in [-0.39, 0.29) is 11.4 Å². The maximum Gasteiger partial charge on any atom is 0.326 e. The van der Waals surface area contributed by atoms with Crippen LogP contribution >= 0.6 is 0 Å². The SMILES string of the molecule is COc1ccc2c(c1)C1(CCN(Cc3cccc(C)c3)CC1)CN2C(=O)Nc1cccc(C)c1. The molecule has 0 aliphatic carbocycles. The van der Waals surface area contributed by atoms with Crippen LogP contribution in [0.25, 0.3) is 0 Å². The first-order chi connectivity index (χ1) is 16.5. The predicted octanol–water partition coefficient (Wildman–Crippen LogP) is 5.90. The molecular formula is C29H33N3O2. The first-order valence-electron chi connectivity index (χ1n) is 12.1. The van der Waals surface area contributed by atoms with E-state index in [1.807, 2.05) is 48.2 Å². The van der Waals surface area contributed by atoms with Gasteiger partial charge in [0, 0.05) is 29.9 Å². The number of ether oxygens (including phenoxy) is 1. The Morgan fingerprint density at radius 2 is 1.71 bits per heavy atom. The van der Waals surface area contributed by atoms with E-state index in [1.54, 1.807) is 7.11 Å². The van der Waals surface area contributed by atoms with Crippen LogP contribution in [0, 0.1) is 13.8 Å². The van der Waals surface area contributed by atoms with Crippen molar-refractivity contribution in [3.8, 4) is 5.75 Å². The molecule has 0 bridgehead atoms. The molecule has 2 aliphatic heterocycles. The van der Waals surface area contributed by atoms with E-state index in [9.17, 15) is 4.79 Å². The number of carbonyl (C=O) groups is 1. The van der Waals surface area contributed by atoms with E-state index in [0.29, 0.717) is 6.54 Å². The number of piperidine rings is 1. The topological polar surface area (TPSA) is 44.8 Å². The van der Waals surface area contributed by atoms with Gasteiger partial charge in [-0.15, -0.1) is 0 Å². The number of anilines is 2. The summed E-state index contributed by atoms with van der Waals surface area (Å²) in [4.78, 5) is 17.8. The number of rotatable bonds is 4. The van der Waals surface area contributed by atoms with E-state index >= 15 is 0 Å². The average Bonchev–Trinajstić information content (AvgIpc) is 3.14. The second kappa shape index (κ2) is 9.15. The zero-order chi connectivity index (χ0) is 23.7. The number of fused-ring (bicyclic) bond motifs is 2. The number of carbonyl (C=O) groups excluding carboxylic acids is 1. The highest BCUT2D eigenvalue weighted by Crippen LogP contribution is 2.48. The number of nitrogens with one attached hydrogen (secondary N) is 1. The second-order valence-electron chi connectivity index (χ2n) is 9.81. The molecule has 0 atom stereocenters. The van der Waals surface area contributed by atoms with Gasteiger partial charge >= 0.3 is 6.03 Å². The molecule has 176 valence electrons. The number of hydrogen-bond acceptors (Lipinski definition) is 3. The van der Waals surface area contributed by atoms with Gasteiger partial charge in [0.25, 0.3) is 0 Å². The molecular weight excluding hydrogens is 422 g/mol. The quantitative estimate of drug-likeness (QED) is 0.533. The van der Waals surface area contributed by atoms with Gasteiger partial charge in [-0.25, -0.2) is 4.79 Å². The van der Waals surface area contributed by atoms with Crippen molar-refractivity contribution in [2.45, 2.75) is 38.6 Å². The van der Waals surface area contributed by atoms with Crippen LogP contribution in [0.4, 0.5) is 16.2 Å². The zero-order valence-electron chi connectivity index (χ0n) is 20.3. The first-order valence-corrected chi connectivity index (χ1v) is 12.1. The number of aryl methyl sites for hydroxylation is 2. The molecule has 5 heteroatoms. The van der Waals surface area contributed by atoms with Crippen LogP contribution in [0.3, 0.4) is 0 Å². The van der Waals surface area contributed by atoms with Crippen molar-refractivity contribution in [3.05, 3.63) is 89.0 Å². The Labute approximate surface area is 202 Å². The lowest BCUT2D eigenvalue weighted by Crippen LogP contribution is -2.46. The number of urea groups is 1. The maximum atomic E-state index is 13.4. The Bertz CT molecular complexity index is 1200. The number of nitrogens with zero attached hydrogens (tertiary/aromatic N) is 2. The van der Waals surface area contributed by atoms with E-state index in [1.165, 1.54) is 16.7 Å². The van der Waals surface area contributed by atoms with Gasteiger partial charge < -0.3 is 10.1 Å². The van der Waals surface area contributed by atoms with Gasteiger partial charge in [0.2, 0.25) is 0 Å². The summed E-state index contributed by atoms with van der Waals surface area (Å²) in [5, 5.41) is 3.11. The summed E-state index contributed by atoms with van der Waals surface area (Å²) in [5.74, 6) is 0.848. The lowest BCUT2D eigenvalue weighted by molar-refractivity contribution is 0.160. The number of hydrogen-bond donors (Lipinski definition) is 1. The van der Waals surface area contributed by atoms with Crippen LogP contribution < -0.4 is 15.0 Å². The molecule has 0 saturated carbocycles. The van der Waals surface area contributed by atoms with Gasteiger partial charge in [0.1, 0.15) is 5.75 Å². The van der Waals surface area contributed by atoms with Gasteiger partial charge in [-0.2, -0.15) is 0 Å². The summed E-state index contributed by atoms with van der Waals surface area (Å²) >= 11 is 0. The van der Waals surface area contributed by atoms with Crippen molar-refractivity contribution in [3.63, 3.8) is 0 Å². The van der Waals surface area contributed by atoms with Gasteiger partial charge in [0.05, 0.1) is 7.11 Å². The lowest BCUT2D eigenvalue weighted by atomic mass is 9.74. The van der Waals surface area contributed by atoms with Crippen molar-refractivity contribution < 1.29 is 9.53 Å². The van der Waals surface area contributed by atoms with Crippen LogP contribution in [-0.2, 0) is 12.0 Å². The van der Waals surface area contributed by atoms with Gasteiger partial charge in [-0.1, -0.05) is 42.0 Å². The fourth-order valence-electron chi connectivity index (χ4n) is 5.51. The molecule has 1 spiro atoms. The Morgan fingerprint density at radius 1 is 0.971 bits per heavy atom. The first kappa shape index (κ1) is 22.5.